The van der Waals surface area contributed by atoms with Crippen molar-refractivity contribution in [1.29, 1.82) is 0 Å². The molecular weight excluding hydrogens is 342 g/mol. The lowest BCUT2D eigenvalue weighted by Crippen LogP contribution is -2.30. The third-order valence-corrected chi connectivity index (χ3v) is 3.03. The highest BCUT2D eigenvalue weighted by Gasteiger charge is 2.15. The van der Waals surface area contributed by atoms with Gasteiger partial charge in [-0.3, -0.25) is 9.59 Å². The van der Waals surface area contributed by atoms with Crippen LogP contribution < -0.4 is 10.5 Å². The zero-order valence-corrected chi connectivity index (χ0v) is 11.5. The van der Waals surface area contributed by atoms with Crippen LogP contribution >= 0.6 is 31.9 Å². The lowest BCUT2D eigenvalue weighted by Gasteiger charge is -2.14. The highest BCUT2D eigenvalue weighted by atomic mass is 79.9. The first-order valence-electron chi connectivity index (χ1n) is 4.36. The zero-order chi connectivity index (χ0) is 12.3. The van der Waals surface area contributed by atoms with Crippen molar-refractivity contribution in [3.8, 4) is 5.75 Å². The van der Waals surface area contributed by atoms with E-state index in [1.165, 1.54) is 0 Å². The Balaban J connectivity index is 3.05. The van der Waals surface area contributed by atoms with Crippen molar-refractivity contribution < 1.29 is 14.3 Å². The summed E-state index contributed by atoms with van der Waals surface area (Å²) in [5.74, 6) is -0.116. The van der Waals surface area contributed by atoms with Gasteiger partial charge in [-0.25, -0.2) is 0 Å². The van der Waals surface area contributed by atoms with Crippen molar-refractivity contribution in [3.63, 3.8) is 0 Å². The first-order chi connectivity index (χ1) is 7.45. The van der Waals surface area contributed by atoms with Gasteiger partial charge in [0.05, 0.1) is 8.95 Å². The molecule has 0 fully saturated rings. The van der Waals surface area contributed by atoms with Crippen LogP contribution in [0.25, 0.3) is 0 Å². The zero-order valence-electron chi connectivity index (χ0n) is 8.37. The molecule has 4 nitrogen and oxygen atoms in total. The van der Waals surface area contributed by atoms with E-state index in [-0.39, 0.29) is 0 Å². The largest absolute Gasteiger partial charge is 0.479 e. The van der Waals surface area contributed by atoms with E-state index in [1.54, 1.807) is 19.1 Å². The van der Waals surface area contributed by atoms with E-state index in [2.05, 4.69) is 31.9 Å². The predicted octanol–water partition coefficient (Wildman–Crippen LogP) is 2.28. The molecule has 0 saturated heterocycles. The quantitative estimate of drug-likeness (QED) is 0.847. The van der Waals surface area contributed by atoms with Gasteiger partial charge in [-0.05, 0) is 50.9 Å². The molecule has 0 spiro atoms. The lowest BCUT2D eigenvalue weighted by molar-refractivity contribution is -0.124. The number of nitrogens with two attached hydrogens (primary N) is 1. The minimum Gasteiger partial charge on any atom is -0.479 e. The van der Waals surface area contributed by atoms with Crippen LogP contribution in [0.5, 0.6) is 5.75 Å². The van der Waals surface area contributed by atoms with Crippen molar-refractivity contribution >= 4 is 44.1 Å². The van der Waals surface area contributed by atoms with Gasteiger partial charge >= 0.3 is 0 Å². The molecule has 1 aromatic rings. The Hall–Kier alpha value is -0.880. The summed E-state index contributed by atoms with van der Waals surface area (Å²) < 4.78 is 6.51. The van der Waals surface area contributed by atoms with E-state index >= 15 is 0 Å². The molecule has 1 amide bonds. The predicted molar refractivity (Wildman–Crippen MR) is 66.5 cm³/mol. The van der Waals surface area contributed by atoms with E-state index in [9.17, 15) is 9.59 Å². The van der Waals surface area contributed by atoms with Crippen LogP contribution in [0, 0.1) is 0 Å². The molecule has 6 heteroatoms. The SMILES string of the molecule is CC(Oc1c(Br)cc(C=O)cc1Br)C(N)=O. The molecule has 0 bridgehead atoms. The highest BCUT2D eigenvalue weighted by molar-refractivity contribution is 9.11. The minimum absolute atomic E-state index is 0.442. The summed E-state index contributed by atoms with van der Waals surface area (Å²) in [6.45, 7) is 1.55. The Kier molecular flexibility index (Phi) is 4.49. The van der Waals surface area contributed by atoms with Gasteiger partial charge in [0, 0.05) is 5.56 Å². The molecular formula is C10H9Br2NO3. The summed E-state index contributed by atoms with van der Waals surface area (Å²) in [6.07, 6.45) is -0.0220. The molecule has 0 aliphatic rings. The second kappa shape index (κ2) is 5.45. The Bertz CT molecular complexity index is 411. The maximum Gasteiger partial charge on any atom is 0.258 e. The van der Waals surface area contributed by atoms with E-state index < -0.39 is 12.0 Å². The molecule has 0 aromatic heterocycles. The van der Waals surface area contributed by atoms with Gasteiger partial charge in [0.15, 0.2) is 6.10 Å². The van der Waals surface area contributed by atoms with E-state index in [0.717, 1.165) is 6.29 Å². The van der Waals surface area contributed by atoms with Gasteiger partial charge in [0.2, 0.25) is 0 Å². The number of hydrogen-bond acceptors (Lipinski definition) is 3. The van der Waals surface area contributed by atoms with Gasteiger partial charge < -0.3 is 10.5 Å². The molecule has 1 atom stereocenters. The summed E-state index contributed by atoms with van der Waals surface area (Å²) in [5, 5.41) is 0. The monoisotopic (exact) mass is 349 g/mol. The number of ether oxygens (including phenoxy) is 1. The molecule has 0 aliphatic heterocycles. The van der Waals surface area contributed by atoms with Crippen LogP contribution in [0.3, 0.4) is 0 Å². The van der Waals surface area contributed by atoms with Crippen LogP contribution in [0.1, 0.15) is 17.3 Å². The maximum atomic E-state index is 10.9. The number of carbonyl (C=O) groups excluding carboxylic acids is 2. The number of rotatable bonds is 4. The summed E-state index contributed by atoms with van der Waals surface area (Å²) in [7, 11) is 0. The number of aldehydes is 1. The maximum absolute atomic E-state index is 10.9. The standard InChI is InChI=1S/C10H9Br2NO3/c1-5(10(13)15)16-9-7(11)2-6(4-14)3-8(9)12/h2-5H,1H3,(H2,13,15). The van der Waals surface area contributed by atoms with Gasteiger partial charge in [-0.2, -0.15) is 0 Å². The average molecular weight is 351 g/mol. The van der Waals surface area contributed by atoms with E-state index in [1.807, 2.05) is 0 Å². The van der Waals surface area contributed by atoms with E-state index in [4.69, 9.17) is 10.5 Å². The Morgan fingerprint density at radius 2 is 1.94 bits per heavy atom. The summed E-state index contributed by atoms with van der Waals surface area (Å²) in [4.78, 5) is 21.5. The number of hydrogen-bond donors (Lipinski definition) is 1. The Morgan fingerprint density at radius 1 is 1.44 bits per heavy atom. The van der Waals surface area contributed by atoms with E-state index in [0.29, 0.717) is 20.3 Å². The van der Waals surface area contributed by atoms with Crippen LogP contribution in [0.4, 0.5) is 0 Å². The number of halogens is 2. The third-order valence-electron chi connectivity index (χ3n) is 1.85. The Morgan fingerprint density at radius 3 is 2.31 bits per heavy atom. The van der Waals surface area contributed by atoms with Crippen LogP contribution in [0.2, 0.25) is 0 Å². The molecule has 0 radical (unpaired) electrons. The van der Waals surface area contributed by atoms with Crippen molar-refractivity contribution in [2.45, 2.75) is 13.0 Å². The highest BCUT2D eigenvalue weighted by Crippen LogP contribution is 2.35. The van der Waals surface area contributed by atoms with Gasteiger partial charge in [0.1, 0.15) is 12.0 Å². The van der Waals surface area contributed by atoms with Crippen molar-refractivity contribution in [3.05, 3.63) is 26.6 Å². The van der Waals surface area contributed by atoms with Crippen molar-refractivity contribution in [2.24, 2.45) is 5.73 Å². The average Bonchev–Trinajstić information content (AvgIpc) is 2.22. The van der Waals surface area contributed by atoms with Crippen LogP contribution in [0.15, 0.2) is 21.1 Å². The molecule has 0 saturated carbocycles. The van der Waals surface area contributed by atoms with Gasteiger partial charge in [-0.15, -0.1) is 0 Å². The topological polar surface area (TPSA) is 69.4 Å². The first kappa shape index (κ1) is 13.2. The second-order valence-electron chi connectivity index (χ2n) is 3.09. The van der Waals surface area contributed by atoms with Crippen molar-refractivity contribution in [2.75, 3.05) is 0 Å². The second-order valence-corrected chi connectivity index (χ2v) is 4.80. The summed E-state index contributed by atoms with van der Waals surface area (Å²) in [6, 6.07) is 3.20. The molecule has 86 valence electrons. The smallest absolute Gasteiger partial charge is 0.258 e. The summed E-state index contributed by atoms with van der Waals surface area (Å²) in [5.41, 5.74) is 5.59. The first-order valence-corrected chi connectivity index (χ1v) is 5.94. The fourth-order valence-electron chi connectivity index (χ4n) is 0.995. The minimum atomic E-state index is -0.741. The normalized spacial score (nSPS) is 11.9. The van der Waals surface area contributed by atoms with Crippen LogP contribution in [-0.4, -0.2) is 18.3 Å². The van der Waals surface area contributed by atoms with Gasteiger partial charge in [0.25, 0.3) is 5.91 Å². The molecule has 1 unspecified atom stereocenters. The molecule has 1 rings (SSSR count). The molecule has 16 heavy (non-hydrogen) atoms. The van der Waals surface area contributed by atoms with Gasteiger partial charge in [-0.1, -0.05) is 0 Å². The molecule has 0 aliphatic carbocycles. The third kappa shape index (κ3) is 3.05. The summed E-state index contributed by atoms with van der Waals surface area (Å²) >= 11 is 6.50. The fourth-order valence-corrected chi connectivity index (χ4v) is 2.40. The molecule has 0 heterocycles. The fraction of sp³-hybridized carbons (Fsp3) is 0.200. The van der Waals surface area contributed by atoms with Crippen molar-refractivity contribution in [1.82, 2.24) is 0 Å². The number of carbonyl (C=O) groups is 2. The molecule has 1 aromatic carbocycles. The number of benzene rings is 1. The lowest BCUT2D eigenvalue weighted by atomic mass is 10.2. The number of primary amides is 1. The van der Waals surface area contributed by atoms with Crippen LogP contribution in [-0.2, 0) is 4.79 Å². The number of amides is 1. The molecule has 2 N–H and O–H groups in total. The Labute approximate surface area is 109 Å².